The second kappa shape index (κ2) is 9.63. The fourth-order valence-corrected chi connectivity index (χ4v) is 3.75. The zero-order chi connectivity index (χ0) is 19.9. The number of benzene rings is 2. The molecule has 7 nitrogen and oxygen atoms in total. The molecule has 0 bridgehead atoms. The van der Waals surface area contributed by atoms with Gasteiger partial charge in [0.05, 0.1) is 4.90 Å². The Hall–Kier alpha value is -2.23. The van der Waals surface area contributed by atoms with Gasteiger partial charge in [0.15, 0.2) is 0 Å². The smallest absolute Gasteiger partial charge is 0.240 e. The lowest BCUT2D eigenvalue weighted by Crippen LogP contribution is -2.27. The van der Waals surface area contributed by atoms with Crippen LogP contribution in [0.4, 0.5) is 11.4 Å². The highest BCUT2D eigenvalue weighted by atomic mass is 79.9. The van der Waals surface area contributed by atoms with Crippen LogP contribution in [-0.4, -0.2) is 26.8 Å². The predicted octanol–water partition coefficient (Wildman–Crippen LogP) is 3.10. The second-order valence-corrected chi connectivity index (χ2v) is 8.32. The molecule has 0 aromatic heterocycles. The number of rotatable bonds is 8. The molecular formula is C18H20BrN3O4S. The summed E-state index contributed by atoms with van der Waals surface area (Å²) in [7, 11) is -3.67. The van der Waals surface area contributed by atoms with E-state index in [4.69, 9.17) is 0 Å². The van der Waals surface area contributed by atoms with Gasteiger partial charge in [-0.15, -0.1) is 0 Å². The van der Waals surface area contributed by atoms with E-state index in [0.717, 1.165) is 0 Å². The van der Waals surface area contributed by atoms with Crippen molar-refractivity contribution in [1.82, 2.24) is 4.72 Å². The fourth-order valence-electron chi connectivity index (χ4n) is 2.13. The molecule has 2 aromatic carbocycles. The molecule has 0 saturated heterocycles. The van der Waals surface area contributed by atoms with Crippen molar-refractivity contribution in [2.24, 2.45) is 0 Å². The minimum Gasteiger partial charge on any atom is -0.326 e. The highest BCUT2D eigenvalue weighted by Crippen LogP contribution is 2.16. The summed E-state index contributed by atoms with van der Waals surface area (Å²) in [5.41, 5.74) is 1.20. The second-order valence-electron chi connectivity index (χ2n) is 5.63. The van der Waals surface area contributed by atoms with Crippen LogP contribution in [0.5, 0.6) is 0 Å². The van der Waals surface area contributed by atoms with Crippen LogP contribution in [0, 0.1) is 0 Å². The molecule has 2 amide bonds. The number of halogens is 1. The number of carbonyl (C=O) groups excluding carboxylic acids is 2. The number of anilines is 2. The normalized spacial score (nSPS) is 11.0. The molecule has 0 radical (unpaired) electrons. The van der Waals surface area contributed by atoms with Crippen LogP contribution in [0.2, 0.25) is 0 Å². The molecule has 0 atom stereocenters. The number of amides is 2. The standard InChI is InChI=1S/C18H20BrN3O4S/c1-2-17(23)21-14-6-8-15(9-7-14)22-18(24)10-11-20-27(25,26)16-5-3-4-13(19)12-16/h3-9,12,20H,2,10-11H2,1H3,(H,21,23)(H,22,24). The summed E-state index contributed by atoms with van der Waals surface area (Å²) in [6, 6.07) is 13.0. The average Bonchev–Trinajstić information content (AvgIpc) is 2.63. The van der Waals surface area contributed by atoms with Gasteiger partial charge in [-0.3, -0.25) is 9.59 Å². The van der Waals surface area contributed by atoms with Gasteiger partial charge >= 0.3 is 0 Å². The van der Waals surface area contributed by atoms with Crippen molar-refractivity contribution in [1.29, 1.82) is 0 Å². The molecule has 0 spiro atoms. The maximum Gasteiger partial charge on any atom is 0.240 e. The summed E-state index contributed by atoms with van der Waals surface area (Å²) >= 11 is 3.23. The maximum atomic E-state index is 12.2. The van der Waals surface area contributed by atoms with Crippen LogP contribution in [0.3, 0.4) is 0 Å². The van der Waals surface area contributed by atoms with Gasteiger partial charge in [-0.1, -0.05) is 28.9 Å². The van der Waals surface area contributed by atoms with E-state index in [-0.39, 0.29) is 29.7 Å². The van der Waals surface area contributed by atoms with Gasteiger partial charge in [0.1, 0.15) is 0 Å². The molecule has 0 aliphatic carbocycles. The molecule has 0 aliphatic heterocycles. The first-order valence-corrected chi connectivity index (χ1v) is 10.5. The number of hydrogen-bond acceptors (Lipinski definition) is 4. The molecular weight excluding hydrogens is 434 g/mol. The lowest BCUT2D eigenvalue weighted by atomic mass is 10.2. The zero-order valence-corrected chi connectivity index (χ0v) is 17.1. The fraction of sp³-hybridized carbons (Fsp3) is 0.222. The summed E-state index contributed by atoms with van der Waals surface area (Å²) < 4.78 is 27.4. The van der Waals surface area contributed by atoms with Gasteiger partial charge in [-0.25, -0.2) is 13.1 Å². The topological polar surface area (TPSA) is 104 Å². The van der Waals surface area contributed by atoms with Gasteiger partial charge in [-0.05, 0) is 42.5 Å². The Kier molecular flexibility index (Phi) is 7.52. The van der Waals surface area contributed by atoms with Gasteiger partial charge in [-0.2, -0.15) is 0 Å². The number of sulfonamides is 1. The van der Waals surface area contributed by atoms with E-state index in [0.29, 0.717) is 22.3 Å². The van der Waals surface area contributed by atoms with E-state index in [9.17, 15) is 18.0 Å². The van der Waals surface area contributed by atoms with Crippen molar-refractivity contribution >= 4 is 49.1 Å². The quantitative estimate of drug-likeness (QED) is 0.570. The van der Waals surface area contributed by atoms with Crippen LogP contribution in [-0.2, 0) is 19.6 Å². The van der Waals surface area contributed by atoms with Crippen molar-refractivity contribution in [2.75, 3.05) is 17.2 Å². The first kappa shape index (κ1) is 21.1. The number of nitrogens with one attached hydrogen (secondary N) is 3. The third-order valence-corrected chi connectivity index (χ3v) is 5.48. The first-order valence-electron chi connectivity index (χ1n) is 8.25. The molecule has 2 rings (SSSR count). The van der Waals surface area contributed by atoms with Crippen LogP contribution >= 0.6 is 15.9 Å². The molecule has 0 aliphatic rings. The molecule has 0 unspecified atom stereocenters. The van der Waals surface area contributed by atoms with Crippen molar-refractivity contribution < 1.29 is 18.0 Å². The lowest BCUT2D eigenvalue weighted by Gasteiger charge is -2.09. The van der Waals surface area contributed by atoms with E-state index < -0.39 is 10.0 Å². The molecule has 0 fully saturated rings. The Morgan fingerprint density at radius 3 is 2.11 bits per heavy atom. The summed E-state index contributed by atoms with van der Waals surface area (Å²) in [6.45, 7) is 1.74. The Balaban J connectivity index is 1.83. The molecule has 2 aromatic rings. The van der Waals surface area contributed by atoms with Crippen LogP contribution in [0.1, 0.15) is 19.8 Å². The van der Waals surface area contributed by atoms with E-state index in [2.05, 4.69) is 31.3 Å². The monoisotopic (exact) mass is 453 g/mol. The van der Waals surface area contributed by atoms with Crippen molar-refractivity contribution in [3.05, 3.63) is 53.0 Å². The Morgan fingerprint density at radius 2 is 1.56 bits per heavy atom. The van der Waals surface area contributed by atoms with Gasteiger partial charge in [0.25, 0.3) is 0 Å². The minimum atomic E-state index is -3.67. The third-order valence-electron chi connectivity index (χ3n) is 3.52. The van der Waals surface area contributed by atoms with Crippen molar-refractivity contribution in [2.45, 2.75) is 24.7 Å². The van der Waals surface area contributed by atoms with Crippen LogP contribution in [0.15, 0.2) is 57.9 Å². The Morgan fingerprint density at radius 1 is 0.963 bits per heavy atom. The van der Waals surface area contributed by atoms with E-state index in [1.807, 2.05) is 0 Å². The molecule has 9 heteroatoms. The maximum absolute atomic E-state index is 12.2. The van der Waals surface area contributed by atoms with Crippen LogP contribution in [0.25, 0.3) is 0 Å². The van der Waals surface area contributed by atoms with Gasteiger partial charge in [0.2, 0.25) is 21.8 Å². The van der Waals surface area contributed by atoms with Crippen molar-refractivity contribution in [3.8, 4) is 0 Å². The van der Waals surface area contributed by atoms with Gasteiger partial charge < -0.3 is 10.6 Å². The largest absolute Gasteiger partial charge is 0.326 e. The Bertz CT molecular complexity index is 914. The summed E-state index contributed by atoms with van der Waals surface area (Å²) in [4.78, 5) is 23.4. The highest BCUT2D eigenvalue weighted by Gasteiger charge is 2.14. The third kappa shape index (κ3) is 6.78. The molecule has 144 valence electrons. The molecule has 0 saturated carbocycles. The SMILES string of the molecule is CCC(=O)Nc1ccc(NC(=O)CCNS(=O)(=O)c2cccc(Br)c2)cc1. The van der Waals surface area contributed by atoms with Crippen molar-refractivity contribution in [3.63, 3.8) is 0 Å². The average molecular weight is 454 g/mol. The molecule has 0 heterocycles. The van der Waals surface area contributed by atoms with E-state index >= 15 is 0 Å². The predicted molar refractivity (Wildman–Crippen MR) is 108 cm³/mol. The Labute approximate surface area is 166 Å². The minimum absolute atomic E-state index is 0.0123. The highest BCUT2D eigenvalue weighted by molar-refractivity contribution is 9.10. The number of carbonyl (C=O) groups is 2. The lowest BCUT2D eigenvalue weighted by molar-refractivity contribution is -0.116. The molecule has 27 heavy (non-hydrogen) atoms. The first-order chi connectivity index (χ1) is 12.8. The number of hydrogen-bond donors (Lipinski definition) is 3. The van der Waals surface area contributed by atoms with Gasteiger partial charge in [0, 0.05) is 35.2 Å². The molecule has 3 N–H and O–H groups in total. The van der Waals surface area contributed by atoms with Crippen LogP contribution < -0.4 is 15.4 Å². The summed E-state index contributed by atoms with van der Waals surface area (Å²) in [5.74, 6) is -0.415. The van der Waals surface area contributed by atoms with E-state index in [1.165, 1.54) is 12.1 Å². The zero-order valence-electron chi connectivity index (χ0n) is 14.7. The summed E-state index contributed by atoms with van der Waals surface area (Å²) in [5, 5.41) is 5.39. The summed E-state index contributed by atoms with van der Waals surface area (Å²) in [6.07, 6.45) is 0.371. The van der Waals surface area contributed by atoms with E-state index in [1.54, 1.807) is 43.3 Å².